The fourth-order valence-corrected chi connectivity index (χ4v) is 0.961. The zero-order valence-corrected chi connectivity index (χ0v) is 9.32. The lowest BCUT2D eigenvalue weighted by molar-refractivity contribution is -0.144. The van der Waals surface area contributed by atoms with Gasteiger partial charge < -0.3 is 16.6 Å². The van der Waals surface area contributed by atoms with Crippen LogP contribution in [-0.4, -0.2) is 35.7 Å². The number of aliphatic imine (C=N–C) groups is 1. The van der Waals surface area contributed by atoms with Crippen molar-refractivity contribution in [3.05, 3.63) is 12.2 Å². The summed E-state index contributed by atoms with van der Waals surface area (Å²) in [4.78, 5) is 14.5. The molecule has 92 valence electrons. The van der Waals surface area contributed by atoms with E-state index >= 15 is 0 Å². The van der Waals surface area contributed by atoms with Crippen LogP contribution >= 0.6 is 0 Å². The number of hydrogen-bond donors (Lipinski definition) is 3. The first kappa shape index (κ1) is 14.6. The third-order valence-corrected chi connectivity index (χ3v) is 2.03. The molecule has 0 heterocycles. The Morgan fingerprint density at radius 3 is 2.62 bits per heavy atom. The third kappa shape index (κ3) is 5.45. The standard InChI is InChI=1S/C10H18FN3O2/c1-8(12)14-6-4-2-3-5-10(13,7-11)9(15)16/h2,4H,3,5-7,13H2,1H3,(H2,12,14)(H,15,16)/b4-2-. The van der Waals surface area contributed by atoms with Gasteiger partial charge in [0.2, 0.25) is 0 Å². The second-order valence-electron chi connectivity index (χ2n) is 3.59. The van der Waals surface area contributed by atoms with Crippen molar-refractivity contribution >= 4 is 11.8 Å². The lowest BCUT2D eigenvalue weighted by Crippen LogP contribution is -2.49. The van der Waals surface area contributed by atoms with Crippen molar-refractivity contribution in [2.45, 2.75) is 25.3 Å². The predicted octanol–water partition coefficient (Wildman–Crippen LogP) is 0.452. The van der Waals surface area contributed by atoms with Gasteiger partial charge >= 0.3 is 5.97 Å². The van der Waals surface area contributed by atoms with E-state index in [1.165, 1.54) is 0 Å². The molecule has 0 aromatic rings. The molecule has 6 heteroatoms. The Morgan fingerprint density at radius 2 is 2.19 bits per heavy atom. The molecule has 5 nitrogen and oxygen atoms in total. The summed E-state index contributed by atoms with van der Waals surface area (Å²) in [5.41, 5.74) is 8.87. The van der Waals surface area contributed by atoms with Crippen LogP contribution in [0.5, 0.6) is 0 Å². The first-order valence-corrected chi connectivity index (χ1v) is 4.92. The van der Waals surface area contributed by atoms with Crippen LogP contribution in [0.2, 0.25) is 0 Å². The van der Waals surface area contributed by atoms with Gasteiger partial charge in [-0.1, -0.05) is 12.2 Å². The number of hydrogen-bond acceptors (Lipinski definition) is 3. The molecule has 0 aliphatic heterocycles. The van der Waals surface area contributed by atoms with Gasteiger partial charge in [-0.15, -0.1) is 0 Å². The van der Waals surface area contributed by atoms with Crippen molar-refractivity contribution in [1.82, 2.24) is 0 Å². The summed E-state index contributed by atoms with van der Waals surface area (Å²) in [7, 11) is 0. The summed E-state index contributed by atoms with van der Waals surface area (Å²) in [5, 5.41) is 8.68. The maximum Gasteiger partial charge on any atom is 0.326 e. The smallest absolute Gasteiger partial charge is 0.326 e. The van der Waals surface area contributed by atoms with Crippen LogP contribution in [0.4, 0.5) is 4.39 Å². The van der Waals surface area contributed by atoms with Gasteiger partial charge in [-0.25, -0.2) is 4.39 Å². The van der Waals surface area contributed by atoms with Crippen LogP contribution in [0.1, 0.15) is 19.8 Å². The number of alkyl halides is 1. The van der Waals surface area contributed by atoms with Gasteiger partial charge in [0.15, 0.2) is 0 Å². The number of carboxylic acid groups (broad SMARTS) is 1. The number of amidine groups is 1. The van der Waals surface area contributed by atoms with Gasteiger partial charge in [-0.3, -0.25) is 9.79 Å². The lowest BCUT2D eigenvalue weighted by atomic mass is 9.96. The van der Waals surface area contributed by atoms with E-state index in [1.807, 2.05) is 0 Å². The van der Waals surface area contributed by atoms with E-state index in [4.69, 9.17) is 16.6 Å². The van der Waals surface area contributed by atoms with Gasteiger partial charge in [0.25, 0.3) is 0 Å². The number of rotatable bonds is 7. The van der Waals surface area contributed by atoms with Crippen LogP contribution in [0.15, 0.2) is 17.1 Å². The molecule has 1 atom stereocenters. The molecule has 0 saturated carbocycles. The van der Waals surface area contributed by atoms with Crippen molar-refractivity contribution in [2.24, 2.45) is 16.5 Å². The minimum Gasteiger partial charge on any atom is -0.480 e. The number of carbonyl (C=O) groups is 1. The molecule has 0 saturated heterocycles. The molecular formula is C10H18FN3O2. The Morgan fingerprint density at radius 1 is 1.56 bits per heavy atom. The molecule has 0 rings (SSSR count). The second-order valence-corrected chi connectivity index (χ2v) is 3.59. The van der Waals surface area contributed by atoms with Crippen LogP contribution in [0, 0.1) is 0 Å². The summed E-state index contributed by atoms with van der Waals surface area (Å²) < 4.78 is 12.4. The Kier molecular flexibility index (Phi) is 6.32. The zero-order valence-electron chi connectivity index (χ0n) is 9.32. The van der Waals surface area contributed by atoms with Crippen molar-refractivity contribution in [3.63, 3.8) is 0 Å². The zero-order chi connectivity index (χ0) is 12.6. The number of carboxylic acids is 1. The van der Waals surface area contributed by atoms with E-state index in [-0.39, 0.29) is 6.42 Å². The maximum absolute atomic E-state index is 12.4. The van der Waals surface area contributed by atoms with Crippen molar-refractivity contribution in [2.75, 3.05) is 13.2 Å². The monoisotopic (exact) mass is 231 g/mol. The SMILES string of the molecule is CC(N)=NC/C=C\CCC(N)(CF)C(=O)O. The highest BCUT2D eigenvalue weighted by Gasteiger charge is 2.32. The van der Waals surface area contributed by atoms with E-state index in [1.54, 1.807) is 19.1 Å². The topological polar surface area (TPSA) is 102 Å². The van der Waals surface area contributed by atoms with Crippen LogP contribution in [0.25, 0.3) is 0 Å². The van der Waals surface area contributed by atoms with E-state index < -0.39 is 18.2 Å². The summed E-state index contributed by atoms with van der Waals surface area (Å²) in [6.07, 6.45) is 3.90. The van der Waals surface area contributed by atoms with Crippen molar-refractivity contribution < 1.29 is 14.3 Å². The van der Waals surface area contributed by atoms with Crippen LogP contribution in [0.3, 0.4) is 0 Å². The molecule has 0 aromatic heterocycles. The lowest BCUT2D eigenvalue weighted by Gasteiger charge is -2.19. The predicted molar refractivity (Wildman–Crippen MR) is 61.1 cm³/mol. The molecule has 0 spiro atoms. The van der Waals surface area contributed by atoms with Gasteiger partial charge in [0.1, 0.15) is 12.2 Å². The molecule has 0 aliphatic carbocycles. The fourth-order valence-electron chi connectivity index (χ4n) is 0.961. The quantitative estimate of drug-likeness (QED) is 0.336. The van der Waals surface area contributed by atoms with E-state index in [0.29, 0.717) is 18.8 Å². The highest BCUT2D eigenvalue weighted by Crippen LogP contribution is 2.11. The van der Waals surface area contributed by atoms with Gasteiger partial charge in [0, 0.05) is 0 Å². The highest BCUT2D eigenvalue weighted by atomic mass is 19.1. The average molecular weight is 231 g/mol. The first-order chi connectivity index (χ1) is 7.42. The molecule has 16 heavy (non-hydrogen) atoms. The third-order valence-electron chi connectivity index (χ3n) is 2.03. The normalized spacial score (nSPS) is 16.3. The highest BCUT2D eigenvalue weighted by molar-refractivity contribution is 5.78. The molecule has 0 fully saturated rings. The molecule has 0 aromatic carbocycles. The van der Waals surface area contributed by atoms with E-state index in [0.717, 1.165) is 0 Å². The van der Waals surface area contributed by atoms with Gasteiger partial charge in [-0.2, -0.15) is 0 Å². The Balaban J connectivity index is 3.97. The Hall–Kier alpha value is -1.43. The number of halogens is 1. The van der Waals surface area contributed by atoms with Crippen molar-refractivity contribution in [1.29, 1.82) is 0 Å². The van der Waals surface area contributed by atoms with Gasteiger partial charge in [0.05, 0.1) is 12.4 Å². The van der Waals surface area contributed by atoms with E-state index in [9.17, 15) is 9.18 Å². The number of nitrogens with zero attached hydrogens (tertiary/aromatic N) is 1. The van der Waals surface area contributed by atoms with Gasteiger partial charge in [-0.05, 0) is 19.8 Å². The summed E-state index contributed by atoms with van der Waals surface area (Å²) in [6.45, 7) is 1.03. The number of nitrogens with two attached hydrogens (primary N) is 2. The van der Waals surface area contributed by atoms with Crippen LogP contribution < -0.4 is 11.5 Å². The van der Waals surface area contributed by atoms with E-state index in [2.05, 4.69) is 4.99 Å². The summed E-state index contributed by atoms with van der Waals surface area (Å²) in [6, 6.07) is 0. The minimum atomic E-state index is -1.78. The molecule has 0 bridgehead atoms. The first-order valence-electron chi connectivity index (χ1n) is 4.92. The molecule has 0 aliphatic rings. The molecular weight excluding hydrogens is 213 g/mol. The number of allylic oxidation sites excluding steroid dienone is 1. The molecule has 0 amide bonds. The summed E-state index contributed by atoms with van der Waals surface area (Å²) >= 11 is 0. The molecule has 1 unspecified atom stereocenters. The molecule has 5 N–H and O–H groups in total. The fraction of sp³-hybridized carbons (Fsp3) is 0.600. The average Bonchev–Trinajstić information content (AvgIpc) is 2.22. The minimum absolute atomic E-state index is 0.0562. The Bertz CT molecular complexity index is 288. The summed E-state index contributed by atoms with van der Waals surface area (Å²) in [5.74, 6) is -0.841. The largest absolute Gasteiger partial charge is 0.480 e. The second kappa shape index (κ2) is 6.95. The maximum atomic E-state index is 12.4. The Labute approximate surface area is 94.0 Å². The van der Waals surface area contributed by atoms with Crippen molar-refractivity contribution in [3.8, 4) is 0 Å². The van der Waals surface area contributed by atoms with Crippen LogP contribution in [-0.2, 0) is 4.79 Å². The molecule has 0 radical (unpaired) electrons. The number of aliphatic carboxylic acids is 1.